The summed E-state index contributed by atoms with van der Waals surface area (Å²) in [7, 11) is 0. The Kier molecular flexibility index (Phi) is 5.40. The minimum absolute atomic E-state index is 0.0321. The molecule has 2 rings (SSSR count). The lowest BCUT2D eigenvalue weighted by atomic mass is 10.2. The van der Waals surface area contributed by atoms with Crippen molar-refractivity contribution in [3.05, 3.63) is 59.5 Å². The lowest BCUT2D eigenvalue weighted by molar-refractivity contribution is -0.137. The van der Waals surface area contributed by atoms with Crippen molar-refractivity contribution in [2.45, 2.75) is 6.18 Å². The molecule has 0 unspecified atom stereocenters. The monoisotopic (exact) mass is 356 g/mol. The Morgan fingerprint density at radius 2 is 2.04 bits per heavy atom. The molecule has 0 bridgehead atoms. The van der Waals surface area contributed by atoms with Gasteiger partial charge in [0.1, 0.15) is 11.5 Å². The Hall–Kier alpha value is -2.61. The molecule has 0 radical (unpaired) electrons. The number of amides is 1. The summed E-state index contributed by atoms with van der Waals surface area (Å²) in [6, 6.07) is 2.89. The zero-order valence-electron chi connectivity index (χ0n) is 12.2. The Balaban J connectivity index is 2.17. The van der Waals surface area contributed by atoms with E-state index in [4.69, 9.17) is 11.6 Å². The second-order valence-corrected chi connectivity index (χ2v) is 5.01. The van der Waals surface area contributed by atoms with E-state index in [2.05, 4.69) is 27.2 Å². The average molecular weight is 357 g/mol. The number of carbonyl (C=O) groups is 1. The molecule has 1 amide bonds. The molecule has 2 N–H and O–H groups in total. The molecular formula is C15H12ClF3N4O. The maximum Gasteiger partial charge on any atom is 0.416 e. The van der Waals surface area contributed by atoms with Gasteiger partial charge in [-0.3, -0.25) is 4.79 Å². The van der Waals surface area contributed by atoms with E-state index in [9.17, 15) is 18.0 Å². The van der Waals surface area contributed by atoms with E-state index in [0.717, 1.165) is 18.2 Å². The van der Waals surface area contributed by atoms with Gasteiger partial charge in [0.05, 0.1) is 28.7 Å². The van der Waals surface area contributed by atoms with Gasteiger partial charge in [0.15, 0.2) is 0 Å². The number of hydrogen-bond donors (Lipinski definition) is 2. The number of alkyl halides is 3. The lowest BCUT2D eigenvalue weighted by Gasteiger charge is -2.12. The number of nitrogens with one attached hydrogen (secondary N) is 2. The van der Waals surface area contributed by atoms with Crippen molar-refractivity contribution in [3.8, 4) is 0 Å². The molecule has 1 heterocycles. The van der Waals surface area contributed by atoms with Gasteiger partial charge in [-0.1, -0.05) is 17.7 Å². The van der Waals surface area contributed by atoms with Crippen molar-refractivity contribution in [2.75, 3.05) is 11.9 Å². The predicted molar refractivity (Wildman–Crippen MR) is 84.3 cm³/mol. The molecule has 0 aliphatic rings. The van der Waals surface area contributed by atoms with E-state index in [1.807, 2.05) is 0 Å². The summed E-state index contributed by atoms with van der Waals surface area (Å²) in [5.41, 5.74) is -0.745. The van der Waals surface area contributed by atoms with Crippen molar-refractivity contribution in [3.63, 3.8) is 0 Å². The van der Waals surface area contributed by atoms with E-state index < -0.39 is 17.6 Å². The highest BCUT2D eigenvalue weighted by Crippen LogP contribution is 2.34. The van der Waals surface area contributed by atoms with Crippen LogP contribution in [0.15, 0.2) is 43.2 Å². The molecule has 0 spiro atoms. The summed E-state index contributed by atoms with van der Waals surface area (Å²) >= 11 is 5.88. The molecule has 126 valence electrons. The first kappa shape index (κ1) is 17.7. The van der Waals surface area contributed by atoms with E-state index in [1.54, 1.807) is 0 Å². The van der Waals surface area contributed by atoms with Gasteiger partial charge in [-0.25, -0.2) is 9.97 Å². The number of hydrogen-bond acceptors (Lipinski definition) is 4. The van der Waals surface area contributed by atoms with Gasteiger partial charge in [0, 0.05) is 6.54 Å². The van der Waals surface area contributed by atoms with Gasteiger partial charge >= 0.3 is 6.18 Å². The Labute approximate surface area is 140 Å². The van der Waals surface area contributed by atoms with Gasteiger partial charge in [0.2, 0.25) is 0 Å². The molecule has 2 aromatic rings. The molecule has 1 aromatic carbocycles. The SMILES string of the molecule is C=CCNC(=O)c1cnc(Nc2cc(C(F)(F)F)ccc2Cl)cn1. The Morgan fingerprint density at radius 3 is 2.62 bits per heavy atom. The van der Waals surface area contributed by atoms with Gasteiger partial charge in [-0.05, 0) is 18.2 Å². The van der Waals surface area contributed by atoms with Crippen LogP contribution in [-0.4, -0.2) is 22.4 Å². The normalized spacial score (nSPS) is 11.0. The summed E-state index contributed by atoms with van der Waals surface area (Å²) in [5.74, 6) is -0.289. The first-order valence-corrected chi connectivity index (χ1v) is 7.04. The zero-order valence-corrected chi connectivity index (χ0v) is 12.9. The molecule has 0 saturated carbocycles. The Bertz CT molecular complexity index is 747. The third-order valence-corrected chi connectivity index (χ3v) is 3.18. The van der Waals surface area contributed by atoms with Crippen LogP contribution in [0.3, 0.4) is 0 Å². The molecule has 0 aliphatic carbocycles. The van der Waals surface area contributed by atoms with Crippen molar-refractivity contribution >= 4 is 29.0 Å². The van der Waals surface area contributed by atoms with Crippen LogP contribution in [0.4, 0.5) is 24.7 Å². The van der Waals surface area contributed by atoms with Crippen LogP contribution in [0, 0.1) is 0 Å². The van der Waals surface area contributed by atoms with Crippen LogP contribution in [0.5, 0.6) is 0 Å². The molecule has 9 heteroatoms. The van der Waals surface area contributed by atoms with Crippen LogP contribution in [0.25, 0.3) is 0 Å². The minimum atomic E-state index is -4.49. The van der Waals surface area contributed by atoms with Crippen molar-refractivity contribution < 1.29 is 18.0 Å². The van der Waals surface area contributed by atoms with Crippen molar-refractivity contribution in [2.24, 2.45) is 0 Å². The van der Waals surface area contributed by atoms with Crippen molar-refractivity contribution in [1.29, 1.82) is 0 Å². The number of anilines is 2. The number of benzene rings is 1. The maximum absolute atomic E-state index is 12.7. The molecule has 0 atom stereocenters. The predicted octanol–water partition coefficient (Wildman–Crippen LogP) is 3.81. The average Bonchev–Trinajstić information content (AvgIpc) is 2.54. The van der Waals surface area contributed by atoms with Crippen LogP contribution in [-0.2, 0) is 6.18 Å². The largest absolute Gasteiger partial charge is 0.416 e. The zero-order chi connectivity index (χ0) is 17.7. The van der Waals surface area contributed by atoms with Gasteiger partial charge in [0.25, 0.3) is 5.91 Å². The molecule has 5 nitrogen and oxygen atoms in total. The second kappa shape index (κ2) is 7.31. The summed E-state index contributed by atoms with van der Waals surface area (Å²) < 4.78 is 38.2. The number of nitrogens with zero attached hydrogens (tertiary/aromatic N) is 2. The fraction of sp³-hybridized carbons (Fsp3) is 0.133. The summed E-state index contributed by atoms with van der Waals surface area (Å²) in [6.07, 6.45) is -0.557. The highest BCUT2D eigenvalue weighted by molar-refractivity contribution is 6.33. The van der Waals surface area contributed by atoms with Crippen LogP contribution in [0.1, 0.15) is 16.1 Å². The third-order valence-electron chi connectivity index (χ3n) is 2.85. The van der Waals surface area contributed by atoms with Gasteiger partial charge in [-0.2, -0.15) is 13.2 Å². The molecule has 0 aliphatic heterocycles. The molecule has 0 fully saturated rings. The number of aromatic nitrogens is 2. The number of rotatable bonds is 5. The second-order valence-electron chi connectivity index (χ2n) is 4.60. The van der Waals surface area contributed by atoms with Gasteiger partial charge in [-0.15, -0.1) is 6.58 Å². The van der Waals surface area contributed by atoms with Gasteiger partial charge < -0.3 is 10.6 Å². The quantitative estimate of drug-likeness (QED) is 0.799. The number of halogens is 4. The van der Waals surface area contributed by atoms with E-state index in [1.165, 1.54) is 18.5 Å². The van der Waals surface area contributed by atoms with E-state index >= 15 is 0 Å². The first-order chi connectivity index (χ1) is 11.3. The van der Waals surface area contributed by atoms with Crippen LogP contribution in [0.2, 0.25) is 5.02 Å². The highest BCUT2D eigenvalue weighted by atomic mass is 35.5. The van der Waals surface area contributed by atoms with Crippen molar-refractivity contribution in [1.82, 2.24) is 15.3 Å². The van der Waals surface area contributed by atoms with E-state index in [0.29, 0.717) is 0 Å². The smallest absolute Gasteiger partial charge is 0.347 e. The molecular weight excluding hydrogens is 345 g/mol. The topological polar surface area (TPSA) is 66.9 Å². The number of carbonyl (C=O) groups excluding carboxylic acids is 1. The molecule has 0 saturated heterocycles. The standard InChI is InChI=1S/C15H12ClF3N4O/c1-2-5-20-14(24)12-7-22-13(8-21-12)23-11-6-9(15(17,18)19)3-4-10(11)16/h2-4,6-8H,1,5H2,(H,20,24)(H,22,23). The lowest BCUT2D eigenvalue weighted by Crippen LogP contribution is -2.24. The van der Waals surface area contributed by atoms with E-state index in [-0.39, 0.29) is 28.8 Å². The fourth-order valence-corrected chi connectivity index (χ4v) is 1.87. The summed E-state index contributed by atoms with van der Waals surface area (Å²) in [6.45, 7) is 3.74. The van der Waals surface area contributed by atoms with Crippen LogP contribution < -0.4 is 10.6 Å². The van der Waals surface area contributed by atoms with Crippen LogP contribution >= 0.6 is 11.6 Å². The summed E-state index contributed by atoms with van der Waals surface area (Å²) in [4.78, 5) is 19.5. The molecule has 1 aromatic heterocycles. The fourth-order valence-electron chi connectivity index (χ4n) is 1.70. The Morgan fingerprint density at radius 1 is 1.29 bits per heavy atom. The first-order valence-electron chi connectivity index (χ1n) is 6.66. The highest BCUT2D eigenvalue weighted by Gasteiger charge is 2.31. The molecule has 24 heavy (non-hydrogen) atoms. The summed E-state index contributed by atoms with van der Waals surface area (Å²) in [5, 5.41) is 5.26. The maximum atomic E-state index is 12.7. The third kappa shape index (κ3) is 4.45. The minimum Gasteiger partial charge on any atom is -0.347 e.